The molecule has 0 radical (unpaired) electrons. The quantitative estimate of drug-likeness (QED) is 0.552. The number of hydrogen-bond acceptors (Lipinski definition) is 4. The zero-order valence-corrected chi connectivity index (χ0v) is 14.3. The van der Waals surface area contributed by atoms with Crippen LogP contribution in [-0.4, -0.2) is 29.4 Å². The summed E-state index contributed by atoms with van der Waals surface area (Å²) in [4.78, 5) is 23.7. The SMILES string of the molecule is CN(Cc1ccc(Br)cc1)C(=O)COc1cc(F)ccc1[N+](=O)[O-]. The lowest BCUT2D eigenvalue weighted by Gasteiger charge is -2.17. The minimum absolute atomic E-state index is 0.273. The molecule has 0 fully saturated rings. The van der Waals surface area contributed by atoms with E-state index in [0.717, 1.165) is 28.2 Å². The van der Waals surface area contributed by atoms with E-state index in [2.05, 4.69) is 15.9 Å². The number of hydrogen-bond donors (Lipinski definition) is 0. The molecule has 24 heavy (non-hydrogen) atoms. The van der Waals surface area contributed by atoms with Gasteiger partial charge in [-0.2, -0.15) is 0 Å². The molecular weight excluding hydrogens is 383 g/mol. The fourth-order valence-corrected chi connectivity index (χ4v) is 2.22. The summed E-state index contributed by atoms with van der Waals surface area (Å²) in [6.07, 6.45) is 0. The normalized spacial score (nSPS) is 10.3. The number of ether oxygens (including phenoxy) is 1. The Balaban J connectivity index is 1.98. The molecule has 0 saturated heterocycles. The molecule has 0 spiro atoms. The van der Waals surface area contributed by atoms with Gasteiger partial charge in [-0.1, -0.05) is 28.1 Å². The van der Waals surface area contributed by atoms with Gasteiger partial charge in [0.2, 0.25) is 5.75 Å². The van der Waals surface area contributed by atoms with E-state index in [9.17, 15) is 19.3 Å². The van der Waals surface area contributed by atoms with Crippen molar-refractivity contribution in [1.82, 2.24) is 4.90 Å². The molecule has 0 saturated carbocycles. The highest BCUT2D eigenvalue weighted by molar-refractivity contribution is 9.10. The van der Waals surface area contributed by atoms with Crippen molar-refractivity contribution >= 4 is 27.5 Å². The largest absolute Gasteiger partial charge is 0.477 e. The second-order valence-corrected chi connectivity index (χ2v) is 5.95. The van der Waals surface area contributed by atoms with Gasteiger partial charge in [-0.15, -0.1) is 0 Å². The van der Waals surface area contributed by atoms with Gasteiger partial charge >= 0.3 is 5.69 Å². The molecule has 126 valence electrons. The third kappa shape index (κ3) is 4.76. The molecule has 0 aromatic heterocycles. The standard InChI is InChI=1S/C16H14BrFN2O4/c1-19(9-11-2-4-12(17)5-3-11)16(21)10-24-15-8-13(18)6-7-14(15)20(22)23/h2-8H,9-10H2,1H3. The lowest BCUT2D eigenvalue weighted by atomic mass is 10.2. The smallest absolute Gasteiger partial charge is 0.311 e. The average Bonchev–Trinajstić information content (AvgIpc) is 2.54. The maximum atomic E-state index is 13.2. The van der Waals surface area contributed by atoms with Crippen LogP contribution in [0.4, 0.5) is 10.1 Å². The molecule has 2 rings (SSSR count). The molecule has 2 aromatic rings. The number of nitro benzene ring substituents is 1. The molecule has 0 heterocycles. The molecule has 1 amide bonds. The average molecular weight is 397 g/mol. The first-order valence-corrected chi connectivity index (χ1v) is 7.71. The lowest BCUT2D eigenvalue weighted by Crippen LogP contribution is -2.31. The zero-order valence-electron chi connectivity index (χ0n) is 12.7. The van der Waals surface area contributed by atoms with Crippen LogP contribution in [0.3, 0.4) is 0 Å². The van der Waals surface area contributed by atoms with Crippen LogP contribution in [0.1, 0.15) is 5.56 Å². The maximum absolute atomic E-state index is 13.2. The van der Waals surface area contributed by atoms with E-state index < -0.39 is 17.3 Å². The lowest BCUT2D eigenvalue weighted by molar-refractivity contribution is -0.385. The predicted octanol–water partition coefficient (Wildman–Crippen LogP) is 3.53. The summed E-state index contributed by atoms with van der Waals surface area (Å²) in [7, 11) is 1.59. The highest BCUT2D eigenvalue weighted by Gasteiger charge is 2.18. The van der Waals surface area contributed by atoms with E-state index in [0.29, 0.717) is 6.54 Å². The third-order valence-corrected chi connectivity index (χ3v) is 3.76. The van der Waals surface area contributed by atoms with Gasteiger partial charge in [0.25, 0.3) is 5.91 Å². The fourth-order valence-electron chi connectivity index (χ4n) is 1.96. The number of carbonyl (C=O) groups is 1. The molecule has 0 unspecified atom stereocenters. The number of benzene rings is 2. The molecule has 8 heteroatoms. The predicted molar refractivity (Wildman–Crippen MR) is 89.2 cm³/mol. The monoisotopic (exact) mass is 396 g/mol. The van der Waals surface area contributed by atoms with Gasteiger partial charge in [0.05, 0.1) is 4.92 Å². The Kier molecular flexibility index (Phi) is 5.86. The summed E-state index contributed by atoms with van der Waals surface area (Å²) in [6, 6.07) is 10.3. The molecule has 0 aliphatic carbocycles. The van der Waals surface area contributed by atoms with Crippen LogP contribution in [0.25, 0.3) is 0 Å². The second-order valence-electron chi connectivity index (χ2n) is 5.03. The summed E-state index contributed by atoms with van der Waals surface area (Å²) in [5, 5.41) is 10.9. The van der Waals surface area contributed by atoms with Crippen LogP contribution in [0.15, 0.2) is 46.9 Å². The van der Waals surface area contributed by atoms with Crippen molar-refractivity contribution < 1.29 is 18.8 Å². The van der Waals surface area contributed by atoms with Crippen LogP contribution in [-0.2, 0) is 11.3 Å². The number of nitro groups is 1. The van der Waals surface area contributed by atoms with Crippen molar-refractivity contribution in [2.75, 3.05) is 13.7 Å². The molecular formula is C16H14BrFN2O4. The Morgan fingerprint density at radius 2 is 1.96 bits per heavy atom. The van der Waals surface area contributed by atoms with Gasteiger partial charge in [0, 0.05) is 30.2 Å². The molecule has 0 aliphatic rings. The molecule has 0 bridgehead atoms. The Hall–Kier alpha value is -2.48. The molecule has 0 atom stereocenters. The van der Waals surface area contributed by atoms with Gasteiger partial charge in [0.1, 0.15) is 5.82 Å². The molecule has 6 nitrogen and oxygen atoms in total. The molecule has 2 aromatic carbocycles. The number of likely N-dealkylation sites (N-methyl/N-ethyl adjacent to an activating group) is 1. The summed E-state index contributed by atoms with van der Waals surface area (Å²) in [5.41, 5.74) is 0.533. The summed E-state index contributed by atoms with van der Waals surface area (Å²) >= 11 is 3.33. The topological polar surface area (TPSA) is 72.7 Å². The fraction of sp³-hybridized carbons (Fsp3) is 0.188. The van der Waals surface area contributed by atoms with Crippen molar-refractivity contribution in [2.24, 2.45) is 0 Å². The highest BCUT2D eigenvalue weighted by Crippen LogP contribution is 2.27. The summed E-state index contributed by atoms with van der Waals surface area (Å²) in [6.45, 7) is -0.0575. The van der Waals surface area contributed by atoms with Crippen molar-refractivity contribution in [3.8, 4) is 5.75 Å². The first-order valence-electron chi connectivity index (χ1n) is 6.92. The van der Waals surface area contributed by atoms with Crippen LogP contribution < -0.4 is 4.74 Å². The van der Waals surface area contributed by atoms with E-state index in [1.54, 1.807) is 7.05 Å². The Morgan fingerprint density at radius 3 is 2.58 bits per heavy atom. The minimum Gasteiger partial charge on any atom is -0.477 e. The summed E-state index contributed by atoms with van der Waals surface area (Å²) in [5.74, 6) is -1.33. The van der Waals surface area contributed by atoms with Gasteiger partial charge in [-0.25, -0.2) is 4.39 Å². The van der Waals surface area contributed by atoms with Gasteiger partial charge in [-0.3, -0.25) is 14.9 Å². The Bertz CT molecular complexity index is 752. The van der Waals surface area contributed by atoms with Crippen molar-refractivity contribution in [3.05, 3.63) is 68.4 Å². The minimum atomic E-state index is -0.690. The molecule has 0 N–H and O–H groups in total. The van der Waals surface area contributed by atoms with Gasteiger partial charge in [0.15, 0.2) is 6.61 Å². The number of rotatable bonds is 6. The summed E-state index contributed by atoms with van der Waals surface area (Å²) < 4.78 is 19.3. The van der Waals surface area contributed by atoms with E-state index in [4.69, 9.17) is 4.74 Å². The van der Waals surface area contributed by atoms with E-state index in [1.165, 1.54) is 4.90 Å². The van der Waals surface area contributed by atoms with Crippen LogP contribution >= 0.6 is 15.9 Å². The van der Waals surface area contributed by atoms with Crippen molar-refractivity contribution in [1.29, 1.82) is 0 Å². The van der Waals surface area contributed by atoms with Gasteiger partial charge < -0.3 is 9.64 Å². The van der Waals surface area contributed by atoms with Gasteiger partial charge in [-0.05, 0) is 23.8 Å². The first-order chi connectivity index (χ1) is 11.4. The van der Waals surface area contributed by atoms with E-state index in [-0.39, 0.29) is 17.3 Å². The second kappa shape index (κ2) is 7.87. The number of nitrogens with zero attached hydrogens (tertiary/aromatic N) is 2. The van der Waals surface area contributed by atoms with Crippen LogP contribution in [0.5, 0.6) is 5.75 Å². The third-order valence-electron chi connectivity index (χ3n) is 3.23. The molecule has 0 aliphatic heterocycles. The zero-order chi connectivity index (χ0) is 17.7. The van der Waals surface area contributed by atoms with Crippen molar-refractivity contribution in [2.45, 2.75) is 6.54 Å². The van der Waals surface area contributed by atoms with E-state index >= 15 is 0 Å². The Morgan fingerprint density at radius 1 is 1.29 bits per heavy atom. The Labute approximate surface area is 146 Å². The highest BCUT2D eigenvalue weighted by atomic mass is 79.9. The number of carbonyl (C=O) groups excluding carboxylic acids is 1. The van der Waals surface area contributed by atoms with Crippen molar-refractivity contribution in [3.63, 3.8) is 0 Å². The maximum Gasteiger partial charge on any atom is 0.311 e. The number of amides is 1. The van der Waals surface area contributed by atoms with Crippen LogP contribution in [0.2, 0.25) is 0 Å². The number of halogens is 2. The van der Waals surface area contributed by atoms with E-state index in [1.807, 2.05) is 24.3 Å². The first kappa shape index (κ1) is 17.9. The van der Waals surface area contributed by atoms with Crippen LogP contribution in [0, 0.1) is 15.9 Å².